The first kappa shape index (κ1) is 17.4. The average Bonchev–Trinajstić information content (AvgIpc) is 2.88. The van der Waals surface area contributed by atoms with Gasteiger partial charge in [0.05, 0.1) is 19.0 Å². The van der Waals surface area contributed by atoms with Gasteiger partial charge in [-0.1, -0.05) is 0 Å². The summed E-state index contributed by atoms with van der Waals surface area (Å²) in [6, 6.07) is 0. The molecule has 0 radical (unpaired) electrons. The lowest BCUT2D eigenvalue weighted by molar-refractivity contribution is -0.121. The topological polar surface area (TPSA) is 84.9 Å². The zero-order valence-corrected chi connectivity index (χ0v) is 12.9. The Bertz CT molecular complexity index is 393. The van der Waals surface area contributed by atoms with Gasteiger partial charge in [-0.15, -0.1) is 0 Å². The zero-order valence-electron chi connectivity index (χ0n) is 12.1. The highest BCUT2D eigenvalue weighted by molar-refractivity contribution is 7.88. The van der Waals surface area contributed by atoms with Crippen molar-refractivity contribution in [3.8, 4) is 0 Å². The van der Waals surface area contributed by atoms with E-state index in [1.54, 1.807) is 0 Å². The van der Waals surface area contributed by atoms with Gasteiger partial charge in [0.15, 0.2) is 0 Å². The molecule has 1 heterocycles. The molecule has 8 heteroatoms. The van der Waals surface area contributed by atoms with Crippen LogP contribution in [0.15, 0.2) is 0 Å². The maximum absolute atomic E-state index is 11.7. The van der Waals surface area contributed by atoms with Crippen molar-refractivity contribution in [2.45, 2.75) is 25.4 Å². The van der Waals surface area contributed by atoms with Gasteiger partial charge in [0.1, 0.15) is 0 Å². The van der Waals surface area contributed by atoms with Gasteiger partial charge in [0.2, 0.25) is 15.9 Å². The molecule has 1 fully saturated rings. The molecule has 0 saturated carbocycles. The molecule has 7 nitrogen and oxygen atoms in total. The van der Waals surface area contributed by atoms with Gasteiger partial charge in [-0.05, 0) is 12.8 Å². The molecule has 1 amide bonds. The number of carbonyl (C=O) groups excluding carboxylic acids is 1. The Morgan fingerprint density at radius 3 is 2.75 bits per heavy atom. The maximum Gasteiger partial charge on any atom is 0.221 e. The molecular weight excluding hydrogens is 284 g/mol. The first-order valence-corrected chi connectivity index (χ1v) is 8.60. The van der Waals surface area contributed by atoms with Crippen LogP contribution in [-0.4, -0.2) is 70.9 Å². The molecule has 1 atom stereocenters. The molecule has 0 aromatic rings. The molecule has 1 N–H and O–H groups in total. The second-order valence-electron chi connectivity index (χ2n) is 4.84. The second-order valence-corrected chi connectivity index (χ2v) is 6.83. The van der Waals surface area contributed by atoms with E-state index in [2.05, 4.69) is 5.32 Å². The van der Waals surface area contributed by atoms with Gasteiger partial charge >= 0.3 is 0 Å². The highest BCUT2D eigenvalue weighted by atomic mass is 32.2. The van der Waals surface area contributed by atoms with Crippen molar-refractivity contribution in [3.05, 3.63) is 0 Å². The third-order valence-electron chi connectivity index (χ3n) is 3.15. The Morgan fingerprint density at radius 2 is 2.20 bits per heavy atom. The van der Waals surface area contributed by atoms with Crippen LogP contribution in [-0.2, 0) is 24.3 Å². The largest absolute Gasteiger partial charge is 0.383 e. The number of sulfonamides is 1. The molecule has 0 aromatic heterocycles. The van der Waals surface area contributed by atoms with E-state index >= 15 is 0 Å². The molecular formula is C12H24N2O5S. The van der Waals surface area contributed by atoms with Gasteiger partial charge < -0.3 is 14.8 Å². The summed E-state index contributed by atoms with van der Waals surface area (Å²) in [4.78, 5) is 11.7. The van der Waals surface area contributed by atoms with Crippen molar-refractivity contribution in [3.63, 3.8) is 0 Å². The van der Waals surface area contributed by atoms with E-state index in [-0.39, 0.29) is 31.5 Å². The summed E-state index contributed by atoms with van der Waals surface area (Å²) >= 11 is 0. The highest BCUT2D eigenvalue weighted by Gasteiger charge is 2.19. The Hall–Kier alpha value is -0.700. The first-order valence-electron chi connectivity index (χ1n) is 6.76. The van der Waals surface area contributed by atoms with E-state index in [4.69, 9.17) is 9.47 Å². The van der Waals surface area contributed by atoms with Crippen molar-refractivity contribution < 1.29 is 22.7 Å². The summed E-state index contributed by atoms with van der Waals surface area (Å²) < 4.78 is 34.6. The number of rotatable bonds is 9. The van der Waals surface area contributed by atoms with Crippen molar-refractivity contribution in [2.75, 3.05) is 46.2 Å². The molecule has 118 valence electrons. The minimum atomic E-state index is -3.31. The van der Waals surface area contributed by atoms with Crippen molar-refractivity contribution in [1.29, 1.82) is 0 Å². The molecule has 0 spiro atoms. The van der Waals surface area contributed by atoms with Gasteiger partial charge in [-0.3, -0.25) is 4.79 Å². The summed E-state index contributed by atoms with van der Waals surface area (Å²) in [5, 5.41) is 2.77. The van der Waals surface area contributed by atoms with Crippen molar-refractivity contribution in [1.82, 2.24) is 9.62 Å². The summed E-state index contributed by atoms with van der Waals surface area (Å²) in [6.45, 7) is 1.98. The lowest BCUT2D eigenvalue weighted by atomic mass is 10.2. The van der Waals surface area contributed by atoms with Gasteiger partial charge in [0.25, 0.3) is 0 Å². The average molecular weight is 308 g/mol. The van der Waals surface area contributed by atoms with Crippen LogP contribution in [0, 0.1) is 0 Å². The van der Waals surface area contributed by atoms with E-state index in [9.17, 15) is 13.2 Å². The molecule has 1 saturated heterocycles. The summed E-state index contributed by atoms with van der Waals surface area (Å²) in [5.41, 5.74) is 0. The molecule has 20 heavy (non-hydrogen) atoms. The Labute approximate surface area is 120 Å². The quantitative estimate of drug-likeness (QED) is 0.625. The van der Waals surface area contributed by atoms with Crippen LogP contribution in [0.2, 0.25) is 0 Å². The van der Waals surface area contributed by atoms with E-state index in [0.717, 1.165) is 25.7 Å². The highest BCUT2D eigenvalue weighted by Crippen LogP contribution is 2.10. The molecule has 0 aliphatic carbocycles. The van der Waals surface area contributed by atoms with Gasteiger partial charge in [0, 0.05) is 39.8 Å². The summed E-state index contributed by atoms with van der Waals surface area (Å²) in [5.74, 6) is -0.161. The molecule has 1 rings (SSSR count). The SMILES string of the molecule is COCCN(CCC(=O)NCC1CCCO1)S(C)(=O)=O. The summed E-state index contributed by atoms with van der Waals surface area (Å²) in [7, 11) is -1.81. The van der Waals surface area contributed by atoms with E-state index < -0.39 is 10.0 Å². The Balaban J connectivity index is 2.28. The molecule has 0 bridgehead atoms. The number of nitrogens with zero attached hydrogens (tertiary/aromatic N) is 1. The van der Waals surface area contributed by atoms with Gasteiger partial charge in [-0.2, -0.15) is 4.31 Å². The number of ether oxygens (including phenoxy) is 2. The van der Waals surface area contributed by atoms with Crippen LogP contribution in [0.25, 0.3) is 0 Å². The van der Waals surface area contributed by atoms with E-state index in [1.165, 1.54) is 11.4 Å². The third-order valence-corrected chi connectivity index (χ3v) is 4.46. The number of hydrogen-bond acceptors (Lipinski definition) is 5. The van der Waals surface area contributed by atoms with E-state index in [0.29, 0.717) is 13.2 Å². The maximum atomic E-state index is 11.7. The number of methoxy groups -OCH3 is 1. The third kappa shape index (κ3) is 6.65. The van der Waals surface area contributed by atoms with Crippen LogP contribution in [0.5, 0.6) is 0 Å². The lowest BCUT2D eigenvalue weighted by Crippen LogP contribution is -2.38. The molecule has 1 aliphatic rings. The minimum Gasteiger partial charge on any atom is -0.383 e. The van der Waals surface area contributed by atoms with Crippen molar-refractivity contribution in [2.24, 2.45) is 0 Å². The van der Waals surface area contributed by atoms with Crippen LogP contribution in [0.1, 0.15) is 19.3 Å². The van der Waals surface area contributed by atoms with E-state index in [1.807, 2.05) is 0 Å². The summed E-state index contributed by atoms with van der Waals surface area (Å²) in [6.07, 6.45) is 3.36. The Kier molecular flexibility index (Phi) is 7.42. The zero-order chi connectivity index (χ0) is 15.0. The van der Waals surface area contributed by atoms with Crippen LogP contribution < -0.4 is 5.32 Å². The predicted octanol–water partition coefficient (Wildman–Crippen LogP) is -0.420. The Morgan fingerprint density at radius 1 is 1.45 bits per heavy atom. The number of hydrogen-bond donors (Lipinski definition) is 1. The lowest BCUT2D eigenvalue weighted by Gasteiger charge is -2.19. The standard InChI is InChI=1S/C12H24N2O5S/c1-18-9-7-14(20(2,16)17)6-5-12(15)13-10-11-4-3-8-19-11/h11H,3-10H2,1-2H3,(H,13,15). The fourth-order valence-electron chi connectivity index (χ4n) is 1.98. The van der Waals surface area contributed by atoms with Crippen molar-refractivity contribution >= 4 is 15.9 Å². The minimum absolute atomic E-state index is 0.0958. The van der Waals surface area contributed by atoms with Crippen LogP contribution >= 0.6 is 0 Å². The normalized spacial score (nSPS) is 19.4. The smallest absolute Gasteiger partial charge is 0.221 e. The first-order chi connectivity index (χ1) is 9.43. The molecule has 1 unspecified atom stereocenters. The second kappa shape index (κ2) is 8.56. The molecule has 1 aliphatic heterocycles. The van der Waals surface area contributed by atoms with Gasteiger partial charge in [-0.25, -0.2) is 8.42 Å². The number of amides is 1. The monoisotopic (exact) mass is 308 g/mol. The predicted molar refractivity (Wildman–Crippen MR) is 74.9 cm³/mol. The van der Waals surface area contributed by atoms with Crippen LogP contribution in [0.3, 0.4) is 0 Å². The number of carbonyl (C=O) groups is 1. The number of nitrogens with one attached hydrogen (secondary N) is 1. The fourth-order valence-corrected chi connectivity index (χ4v) is 2.81. The van der Waals surface area contributed by atoms with Crippen LogP contribution in [0.4, 0.5) is 0 Å². The fraction of sp³-hybridized carbons (Fsp3) is 0.917. The molecule has 0 aromatic carbocycles.